The number of hydrogen-bond donors (Lipinski definition) is 0. The quantitative estimate of drug-likeness (QED) is 0.527. The van der Waals surface area contributed by atoms with Gasteiger partial charge in [-0.15, -0.1) is 0 Å². The minimum absolute atomic E-state index is 0.279. The van der Waals surface area contributed by atoms with E-state index in [0.717, 1.165) is 28.0 Å². The molecule has 0 fully saturated rings. The van der Waals surface area contributed by atoms with E-state index in [9.17, 15) is 8.78 Å². The van der Waals surface area contributed by atoms with Crippen LogP contribution in [0.1, 0.15) is 23.6 Å². The summed E-state index contributed by atoms with van der Waals surface area (Å²) in [7, 11) is 0. The van der Waals surface area contributed by atoms with Crippen LogP contribution in [-0.4, -0.2) is 6.61 Å². The fourth-order valence-electron chi connectivity index (χ4n) is 2.77. The molecule has 3 aromatic rings. The molecule has 3 aromatic carbocycles. The van der Waals surface area contributed by atoms with Crippen LogP contribution in [0.5, 0.6) is 5.75 Å². The normalized spacial score (nSPS) is 10.4. The van der Waals surface area contributed by atoms with E-state index in [2.05, 4.69) is 6.08 Å². The van der Waals surface area contributed by atoms with Gasteiger partial charge in [0.2, 0.25) is 0 Å². The van der Waals surface area contributed by atoms with Gasteiger partial charge in [0.15, 0.2) is 0 Å². The first-order valence-electron chi connectivity index (χ1n) is 8.59. The van der Waals surface area contributed by atoms with Crippen molar-refractivity contribution >= 4 is 5.57 Å². The minimum Gasteiger partial charge on any atom is -0.494 e. The lowest BCUT2D eigenvalue weighted by atomic mass is 9.96. The number of benzene rings is 3. The van der Waals surface area contributed by atoms with E-state index in [-0.39, 0.29) is 11.6 Å². The van der Waals surface area contributed by atoms with Gasteiger partial charge < -0.3 is 4.74 Å². The van der Waals surface area contributed by atoms with Gasteiger partial charge in [0, 0.05) is 0 Å². The molecule has 0 aromatic heterocycles. The first-order chi connectivity index (χ1) is 12.7. The highest BCUT2D eigenvalue weighted by Gasteiger charge is 2.06. The van der Waals surface area contributed by atoms with Crippen LogP contribution >= 0.6 is 0 Å². The first kappa shape index (κ1) is 17.9. The second-order valence-electron chi connectivity index (χ2n) is 5.91. The molecule has 0 bridgehead atoms. The molecular weight excluding hydrogens is 330 g/mol. The molecule has 0 aliphatic rings. The Balaban J connectivity index is 1.90. The molecule has 26 heavy (non-hydrogen) atoms. The summed E-state index contributed by atoms with van der Waals surface area (Å²) in [5.41, 5.74) is 3.86. The van der Waals surface area contributed by atoms with Crippen molar-refractivity contribution in [3.8, 4) is 5.75 Å². The molecule has 132 valence electrons. The van der Waals surface area contributed by atoms with Crippen molar-refractivity contribution in [2.24, 2.45) is 0 Å². The summed E-state index contributed by atoms with van der Waals surface area (Å²) in [5, 5.41) is 0. The highest BCUT2D eigenvalue weighted by Crippen LogP contribution is 2.25. The molecule has 0 amide bonds. The highest BCUT2D eigenvalue weighted by molar-refractivity contribution is 5.79. The van der Waals surface area contributed by atoms with Gasteiger partial charge in [0.1, 0.15) is 17.4 Å². The van der Waals surface area contributed by atoms with Gasteiger partial charge >= 0.3 is 0 Å². The molecule has 0 heterocycles. The Labute approximate surface area is 152 Å². The third-order valence-corrected chi connectivity index (χ3v) is 4.09. The maximum absolute atomic E-state index is 13.3. The van der Waals surface area contributed by atoms with E-state index in [1.54, 1.807) is 24.3 Å². The topological polar surface area (TPSA) is 9.23 Å². The van der Waals surface area contributed by atoms with Crippen molar-refractivity contribution in [2.45, 2.75) is 13.3 Å². The van der Waals surface area contributed by atoms with Crippen LogP contribution in [0, 0.1) is 11.6 Å². The second-order valence-corrected chi connectivity index (χ2v) is 5.91. The molecule has 0 saturated carbocycles. The number of rotatable bonds is 6. The molecule has 0 aliphatic heterocycles. The van der Waals surface area contributed by atoms with Crippen LogP contribution < -0.4 is 4.74 Å². The van der Waals surface area contributed by atoms with Crippen molar-refractivity contribution < 1.29 is 13.5 Å². The fourth-order valence-corrected chi connectivity index (χ4v) is 2.77. The zero-order valence-electron chi connectivity index (χ0n) is 14.6. The maximum Gasteiger partial charge on any atom is 0.123 e. The van der Waals surface area contributed by atoms with Gasteiger partial charge in [0.05, 0.1) is 6.61 Å². The molecule has 0 saturated heterocycles. The molecule has 0 radical (unpaired) electrons. The van der Waals surface area contributed by atoms with Gasteiger partial charge in [-0.1, -0.05) is 42.5 Å². The first-order valence-corrected chi connectivity index (χ1v) is 8.59. The van der Waals surface area contributed by atoms with Gasteiger partial charge in [0.25, 0.3) is 0 Å². The average molecular weight is 350 g/mol. The number of hydrogen-bond acceptors (Lipinski definition) is 1. The SMILES string of the molecule is CCOc1ccc(CC=C(c2ccc(F)cc2)c2ccc(F)cc2)cc1. The van der Waals surface area contributed by atoms with Gasteiger partial charge in [-0.3, -0.25) is 0 Å². The molecular formula is C23H20F2O. The lowest BCUT2D eigenvalue weighted by Crippen LogP contribution is -1.93. The van der Waals surface area contributed by atoms with Gasteiger partial charge in [-0.2, -0.15) is 0 Å². The number of allylic oxidation sites excluding steroid dienone is 1. The minimum atomic E-state index is -0.279. The van der Waals surface area contributed by atoms with E-state index in [4.69, 9.17) is 4.74 Å². The zero-order valence-corrected chi connectivity index (χ0v) is 14.6. The van der Waals surface area contributed by atoms with E-state index < -0.39 is 0 Å². The molecule has 0 unspecified atom stereocenters. The molecule has 0 spiro atoms. The largest absolute Gasteiger partial charge is 0.494 e. The lowest BCUT2D eigenvalue weighted by Gasteiger charge is -2.10. The van der Waals surface area contributed by atoms with Crippen molar-refractivity contribution in [1.29, 1.82) is 0 Å². The van der Waals surface area contributed by atoms with Crippen LogP contribution in [-0.2, 0) is 6.42 Å². The predicted octanol–water partition coefficient (Wildman–Crippen LogP) is 6.04. The molecule has 1 nitrogen and oxygen atoms in total. The van der Waals surface area contributed by atoms with Crippen LogP contribution in [0.2, 0.25) is 0 Å². The Morgan fingerprint density at radius 1 is 0.769 bits per heavy atom. The Morgan fingerprint density at radius 2 is 1.27 bits per heavy atom. The van der Waals surface area contributed by atoms with Crippen molar-refractivity contribution in [2.75, 3.05) is 6.61 Å². The fraction of sp³-hybridized carbons (Fsp3) is 0.130. The van der Waals surface area contributed by atoms with Crippen LogP contribution in [0.25, 0.3) is 5.57 Å². The van der Waals surface area contributed by atoms with Crippen LogP contribution in [0.15, 0.2) is 78.9 Å². The Morgan fingerprint density at radius 3 is 1.73 bits per heavy atom. The molecule has 3 rings (SSSR count). The van der Waals surface area contributed by atoms with Crippen molar-refractivity contribution in [3.05, 3.63) is 107 Å². The van der Waals surface area contributed by atoms with Crippen molar-refractivity contribution in [3.63, 3.8) is 0 Å². The van der Waals surface area contributed by atoms with E-state index in [1.165, 1.54) is 24.3 Å². The van der Waals surface area contributed by atoms with Crippen molar-refractivity contribution in [1.82, 2.24) is 0 Å². The average Bonchev–Trinajstić information content (AvgIpc) is 2.66. The Kier molecular flexibility index (Phi) is 5.80. The summed E-state index contributed by atoms with van der Waals surface area (Å²) >= 11 is 0. The molecule has 3 heteroatoms. The Bertz CT molecular complexity index is 816. The summed E-state index contributed by atoms with van der Waals surface area (Å²) in [5.74, 6) is 0.287. The monoisotopic (exact) mass is 350 g/mol. The summed E-state index contributed by atoms with van der Waals surface area (Å²) in [6.45, 7) is 2.59. The smallest absolute Gasteiger partial charge is 0.123 e. The molecule has 0 aliphatic carbocycles. The molecule has 0 N–H and O–H groups in total. The number of ether oxygens (including phenoxy) is 1. The summed E-state index contributed by atoms with van der Waals surface area (Å²) < 4.78 is 32.0. The van der Waals surface area contributed by atoms with Gasteiger partial charge in [-0.05, 0) is 72.0 Å². The predicted molar refractivity (Wildman–Crippen MR) is 101 cm³/mol. The van der Waals surface area contributed by atoms with E-state index in [0.29, 0.717) is 13.0 Å². The lowest BCUT2D eigenvalue weighted by molar-refractivity contribution is 0.340. The summed E-state index contributed by atoms with van der Waals surface area (Å²) in [6.07, 6.45) is 2.78. The standard InChI is InChI=1S/C23H20F2O/c1-2-26-22-14-3-17(4-15-22)5-16-23(18-6-10-20(24)11-7-18)19-8-12-21(25)13-9-19/h3-4,6-16H,2,5H2,1H3. The summed E-state index contributed by atoms with van der Waals surface area (Å²) in [6, 6.07) is 20.6. The molecule has 0 atom stereocenters. The third kappa shape index (κ3) is 4.57. The van der Waals surface area contributed by atoms with E-state index in [1.807, 2.05) is 31.2 Å². The van der Waals surface area contributed by atoms with Crippen LogP contribution in [0.3, 0.4) is 0 Å². The Hall–Kier alpha value is -2.94. The zero-order chi connectivity index (χ0) is 18.4. The third-order valence-electron chi connectivity index (χ3n) is 4.09. The van der Waals surface area contributed by atoms with Crippen LogP contribution in [0.4, 0.5) is 8.78 Å². The highest BCUT2D eigenvalue weighted by atomic mass is 19.1. The van der Waals surface area contributed by atoms with Gasteiger partial charge in [-0.25, -0.2) is 8.78 Å². The summed E-state index contributed by atoms with van der Waals surface area (Å²) in [4.78, 5) is 0. The number of halogens is 2. The van der Waals surface area contributed by atoms with E-state index >= 15 is 0 Å². The maximum atomic E-state index is 13.3. The second kappa shape index (κ2) is 8.43.